The van der Waals surface area contributed by atoms with E-state index in [1.54, 1.807) is 0 Å². The molecule has 0 unspecified atom stereocenters. The number of thiol groups is 1. The third kappa shape index (κ3) is 4.79. The van der Waals surface area contributed by atoms with E-state index in [1.807, 2.05) is 43.3 Å². The average Bonchev–Trinajstić information content (AvgIpc) is 2.26. The van der Waals surface area contributed by atoms with Crippen molar-refractivity contribution in [3.63, 3.8) is 0 Å². The fourth-order valence-corrected chi connectivity index (χ4v) is 1.26. The Labute approximate surface area is 96.3 Å². The molecule has 1 aromatic rings. The Morgan fingerprint density at radius 2 is 1.93 bits per heavy atom. The highest BCUT2D eigenvalue weighted by molar-refractivity contribution is 7.80. The van der Waals surface area contributed by atoms with Crippen molar-refractivity contribution in [1.82, 2.24) is 0 Å². The van der Waals surface area contributed by atoms with Gasteiger partial charge >= 0.3 is 0 Å². The molecule has 0 aromatic heterocycles. The summed E-state index contributed by atoms with van der Waals surface area (Å²) in [4.78, 5) is 0. The fourth-order valence-electron chi connectivity index (χ4n) is 1.11. The van der Waals surface area contributed by atoms with Gasteiger partial charge in [-0.15, -0.1) is 0 Å². The van der Waals surface area contributed by atoms with E-state index < -0.39 is 0 Å². The number of rotatable bonds is 6. The summed E-state index contributed by atoms with van der Waals surface area (Å²) in [6.07, 6.45) is 3.90. The van der Waals surface area contributed by atoms with Crippen molar-refractivity contribution in [2.45, 2.75) is 6.92 Å². The fraction of sp³-hybridized carbons (Fsp3) is 0.333. The maximum atomic E-state index is 5.49. The van der Waals surface area contributed by atoms with E-state index in [2.05, 4.69) is 12.6 Å². The molecule has 0 saturated heterocycles. The van der Waals surface area contributed by atoms with E-state index >= 15 is 0 Å². The highest BCUT2D eigenvalue weighted by Crippen LogP contribution is 2.19. The Morgan fingerprint density at radius 3 is 2.60 bits per heavy atom. The van der Waals surface area contributed by atoms with Gasteiger partial charge < -0.3 is 9.47 Å². The minimum atomic E-state index is 0.566. The van der Waals surface area contributed by atoms with E-state index in [9.17, 15) is 0 Å². The quantitative estimate of drug-likeness (QED) is 0.591. The number of ether oxygens (including phenoxy) is 2. The van der Waals surface area contributed by atoms with Gasteiger partial charge in [0.15, 0.2) is 0 Å². The van der Waals surface area contributed by atoms with Crippen LogP contribution in [0.25, 0.3) is 0 Å². The van der Waals surface area contributed by atoms with Crippen LogP contribution in [0.3, 0.4) is 0 Å². The first-order valence-corrected chi connectivity index (χ1v) is 5.61. The van der Waals surface area contributed by atoms with Crippen LogP contribution < -0.4 is 9.47 Å². The van der Waals surface area contributed by atoms with Crippen LogP contribution in [0.2, 0.25) is 0 Å². The van der Waals surface area contributed by atoms with E-state index in [0.29, 0.717) is 13.2 Å². The summed E-state index contributed by atoms with van der Waals surface area (Å²) in [5.74, 6) is 2.40. The standard InChI is InChI=1S/C12H16O2S/c1-2-13-11-6-5-7-12(10-11)14-8-3-4-9-15/h3-7,10,15H,2,8-9H2,1H3. The molecule has 0 spiro atoms. The molecule has 2 nitrogen and oxygen atoms in total. The molecule has 0 bridgehead atoms. The van der Waals surface area contributed by atoms with Crippen molar-refractivity contribution in [2.75, 3.05) is 19.0 Å². The second-order valence-corrected chi connectivity index (χ2v) is 3.24. The molecule has 0 amide bonds. The second kappa shape index (κ2) is 7.23. The zero-order chi connectivity index (χ0) is 10.9. The monoisotopic (exact) mass is 224 g/mol. The van der Waals surface area contributed by atoms with E-state index in [1.165, 1.54) is 0 Å². The van der Waals surface area contributed by atoms with Crippen LogP contribution in [-0.4, -0.2) is 19.0 Å². The Bertz CT molecular complexity index is 310. The van der Waals surface area contributed by atoms with Gasteiger partial charge in [0, 0.05) is 11.8 Å². The molecule has 3 heteroatoms. The van der Waals surface area contributed by atoms with Gasteiger partial charge in [0.25, 0.3) is 0 Å². The van der Waals surface area contributed by atoms with Crippen LogP contribution in [0, 0.1) is 0 Å². The summed E-state index contributed by atoms with van der Waals surface area (Å²) < 4.78 is 10.9. The van der Waals surface area contributed by atoms with E-state index in [0.717, 1.165) is 17.3 Å². The third-order valence-electron chi connectivity index (χ3n) is 1.73. The molecule has 15 heavy (non-hydrogen) atoms. The smallest absolute Gasteiger partial charge is 0.123 e. The maximum absolute atomic E-state index is 5.49. The lowest BCUT2D eigenvalue weighted by Gasteiger charge is -2.06. The Balaban J connectivity index is 2.46. The van der Waals surface area contributed by atoms with Gasteiger partial charge in [-0.1, -0.05) is 18.2 Å². The first-order valence-electron chi connectivity index (χ1n) is 4.98. The topological polar surface area (TPSA) is 18.5 Å². The molecular weight excluding hydrogens is 208 g/mol. The molecule has 0 saturated carbocycles. The van der Waals surface area contributed by atoms with Gasteiger partial charge in [0.1, 0.15) is 18.1 Å². The van der Waals surface area contributed by atoms with Crippen LogP contribution in [-0.2, 0) is 0 Å². The third-order valence-corrected chi connectivity index (χ3v) is 1.95. The predicted molar refractivity (Wildman–Crippen MR) is 66.1 cm³/mol. The summed E-state index contributed by atoms with van der Waals surface area (Å²) >= 11 is 4.06. The average molecular weight is 224 g/mol. The molecule has 0 aliphatic heterocycles. The van der Waals surface area contributed by atoms with Crippen LogP contribution in [0.4, 0.5) is 0 Å². The first-order chi connectivity index (χ1) is 7.36. The molecule has 1 rings (SSSR count). The Morgan fingerprint density at radius 1 is 1.20 bits per heavy atom. The Kier molecular flexibility index (Phi) is 5.78. The molecule has 1 aromatic carbocycles. The zero-order valence-corrected chi connectivity index (χ0v) is 9.74. The lowest BCUT2D eigenvalue weighted by Crippen LogP contribution is -1.95. The minimum absolute atomic E-state index is 0.566. The van der Waals surface area contributed by atoms with Crippen molar-refractivity contribution < 1.29 is 9.47 Å². The molecule has 82 valence electrons. The van der Waals surface area contributed by atoms with Crippen LogP contribution in [0.15, 0.2) is 36.4 Å². The highest BCUT2D eigenvalue weighted by atomic mass is 32.1. The van der Waals surface area contributed by atoms with Crippen molar-refractivity contribution in [1.29, 1.82) is 0 Å². The van der Waals surface area contributed by atoms with Gasteiger partial charge in [-0.05, 0) is 19.1 Å². The maximum Gasteiger partial charge on any atom is 0.123 e. The number of hydrogen-bond donors (Lipinski definition) is 1. The molecular formula is C12H16O2S. The van der Waals surface area contributed by atoms with E-state index in [4.69, 9.17) is 9.47 Å². The van der Waals surface area contributed by atoms with Crippen LogP contribution in [0.1, 0.15) is 6.92 Å². The molecule has 0 heterocycles. The van der Waals surface area contributed by atoms with Crippen molar-refractivity contribution >= 4 is 12.6 Å². The van der Waals surface area contributed by atoms with Crippen molar-refractivity contribution in [3.8, 4) is 11.5 Å². The molecule has 0 fully saturated rings. The summed E-state index contributed by atoms with van der Waals surface area (Å²) in [6.45, 7) is 3.20. The summed E-state index contributed by atoms with van der Waals surface area (Å²) in [6, 6.07) is 7.64. The van der Waals surface area contributed by atoms with Gasteiger partial charge in [-0.25, -0.2) is 0 Å². The molecule has 0 aliphatic carbocycles. The van der Waals surface area contributed by atoms with Crippen molar-refractivity contribution in [2.24, 2.45) is 0 Å². The largest absolute Gasteiger partial charge is 0.494 e. The SMILES string of the molecule is CCOc1cccc(OCC=CCS)c1. The predicted octanol–water partition coefficient (Wildman–Crippen LogP) is 2.95. The van der Waals surface area contributed by atoms with Crippen LogP contribution >= 0.6 is 12.6 Å². The lowest BCUT2D eigenvalue weighted by molar-refractivity contribution is 0.330. The number of benzene rings is 1. The summed E-state index contributed by atoms with van der Waals surface area (Å²) in [7, 11) is 0. The molecule has 0 N–H and O–H groups in total. The summed E-state index contributed by atoms with van der Waals surface area (Å²) in [5.41, 5.74) is 0. The first kappa shape index (κ1) is 12.0. The normalized spacial score (nSPS) is 10.5. The molecule has 0 aliphatic rings. The highest BCUT2D eigenvalue weighted by Gasteiger charge is 1.95. The van der Waals surface area contributed by atoms with Gasteiger partial charge in [-0.2, -0.15) is 12.6 Å². The van der Waals surface area contributed by atoms with Gasteiger partial charge in [0.05, 0.1) is 6.61 Å². The number of hydrogen-bond acceptors (Lipinski definition) is 3. The lowest BCUT2D eigenvalue weighted by atomic mass is 10.3. The van der Waals surface area contributed by atoms with Crippen molar-refractivity contribution in [3.05, 3.63) is 36.4 Å². The van der Waals surface area contributed by atoms with Crippen LogP contribution in [0.5, 0.6) is 11.5 Å². The van der Waals surface area contributed by atoms with Gasteiger partial charge in [-0.3, -0.25) is 0 Å². The molecule has 0 atom stereocenters. The van der Waals surface area contributed by atoms with E-state index in [-0.39, 0.29) is 0 Å². The molecule has 0 radical (unpaired) electrons. The Hall–Kier alpha value is -1.09. The second-order valence-electron chi connectivity index (χ2n) is 2.87. The zero-order valence-electron chi connectivity index (χ0n) is 8.85. The summed E-state index contributed by atoms with van der Waals surface area (Å²) in [5, 5.41) is 0. The van der Waals surface area contributed by atoms with Gasteiger partial charge in [0.2, 0.25) is 0 Å². The minimum Gasteiger partial charge on any atom is -0.494 e.